The van der Waals surface area contributed by atoms with Crippen molar-refractivity contribution in [2.24, 2.45) is 0 Å². The van der Waals surface area contributed by atoms with Crippen molar-refractivity contribution in [1.29, 1.82) is 15.8 Å². The van der Waals surface area contributed by atoms with Gasteiger partial charge >= 0.3 is 0 Å². The standard InChI is InChI=1S/C11H3ClF2N4/c12-7-1-8(13)11(14)9(2-7)18-10(5-17)6(3-15)4-16/h1-2,18H. The Morgan fingerprint density at radius 2 is 1.72 bits per heavy atom. The van der Waals surface area contributed by atoms with E-state index in [9.17, 15) is 8.78 Å². The van der Waals surface area contributed by atoms with Crippen molar-refractivity contribution < 1.29 is 8.78 Å². The molecule has 1 aromatic carbocycles. The number of benzene rings is 1. The molecular formula is C11H3ClF2N4. The first-order chi connectivity index (χ1) is 8.53. The van der Waals surface area contributed by atoms with Crippen LogP contribution in [0, 0.1) is 45.6 Å². The summed E-state index contributed by atoms with van der Waals surface area (Å²) >= 11 is 5.52. The summed E-state index contributed by atoms with van der Waals surface area (Å²) in [5.74, 6) is -2.47. The summed E-state index contributed by atoms with van der Waals surface area (Å²) in [6, 6.07) is 6.21. The number of allylic oxidation sites excluding steroid dienone is 2. The first-order valence-corrected chi connectivity index (χ1v) is 4.77. The predicted octanol–water partition coefficient (Wildman–Crippen LogP) is 2.85. The summed E-state index contributed by atoms with van der Waals surface area (Å²) in [6.07, 6.45) is 0. The van der Waals surface area contributed by atoms with Crippen LogP contribution >= 0.6 is 11.6 Å². The average Bonchev–Trinajstić information content (AvgIpc) is 2.35. The van der Waals surface area contributed by atoms with E-state index >= 15 is 0 Å². The Labute approximate surface area is 106 Å². The molecule has 0 aliphatic heterocycles. The first kappa shape index (κ1) is 13.4. The smallest absolute Gasteiger partial charge is 0.182 e. The molecule has 0 aromatic heterocycles. The van der Waals surface area contributed by atoms with Crippen molar-refractivity contribution >= 4 is 17.3 Å². The van der Waals surface area contributed by atoms with Gasteiger partial charge in [-0.2, -0.15) is 15.8 Å². The van der Waals surface area contributed by atoms with Crippen LogP contribution in [0.4, 0.5) is 14.5 Å². The van der Waals surface area contributed by atoms with E-state index in [2.05, 4.69) is 5.32 Å². The number of hydrogen-bond donors (Lipinski definition) is 1. The maximum atomic E-state index is 13.4. The monoisotopic (exact) mass is 264 g/mol. The lowest BCUT2D eigenvalue weighted by molar-refractivity contribution is 0.511. The molecule has 0 aliphatic rings. The highest BCUT2D eigenvalue weighted by Crippen LogP contribution is 2.24. The summed E-state index contributed by atoms with van der Waals surface area (Å²) in [7, 11) is 0. The molecule has 18 heavy (non-hydrogen) atoms. The zero-order chi connectivity index (χ0) is 13.7. The number of nitriles is 3. The van der Waals surface area contributed by atoms with Crippen LogP contribution in [0.5, 0.6) is 0 Å². The van der Waals surface area contributed by atoms with Crippen molar-refractivity contribution in [1.82, 2.24) is 0 Å². The number of halogens is 3. The Hall–Kier alpha value is -2.62. The van der Waals surface area contributed by atoms with Crippen molar-refractivity contribution in [3.05, 3.63) is 40.1 Å². The van der Waals surface area contributed by atoms with E-state index in [1.165, 1.54) is 18.2 Å². The second kappa shape index (κ2) is 5.63. The quantitative estimate of drug-likeness (QED) is 0.657. The Kier molecular flexibility index (Phi) is 4.21. The van der Waals surface area contributed by atoms with Gasteiger partial charge < -0.3 is 5.32 Å². The Morgan fingerprint density at radius 1 is 1.11 bits per heavy atom. The summed E-state index contributed by atoms with van der Waals surface area (Å²) in [4.78, 5) is 0. The van der Waals surface area contributed by atoms with Gasteiger partial charge in [0.15, 0.2) is 17.2 Å². The van der Waals surface area contributed by atoms with Crippen LogP contribution < -0.4 is 5.32 Å². The molecule has 0 heterocycles. The van der Waals surface area contributed by atoms with E-state index in [1.54, 1.807) is 0 Å². The van der Waals surface area contributed by atoms with Gasteiger partial charge in [0, 0.05) is 5.02 Å². The van der Waals surface area contributed by atoms with Crippen LogP contribution in [0.1, 0.15) is 0 Å². The number of anilines is 1. The molecule has 0 aliphatic carbocycles. The molecule has 0 saturated heterocycles. The summed E-state index contributed by atoms with van der Waals surface area (Å²) in [5.41, 5.74) is -1.46. The van der Waals surface area contributed by atoms with Gasteiger partial charge in [-0.1, -0.05) is 11.6 Å². The van der Waals surface area contributed by atoms with E-state index in [0.29, 0.717) is 0 Å². The molecule has 0 radical (unpaired) electrons. The van der Waals surface area contributed by atoms with E-state index in [4.69, 9.17) is 27.4 Å². The minimum Gasteiger partial charge on any atom is -0.343 e. The molecule has 1 rings (SSSR count). The second-order valence-corrected chi connectivity index (χ2v) is 3.40. The maximum absolute atomic E-state index is 13.4. The molecule has 1 N–H and O–H groups in total. The summed E-state index contributed by atoms with van der Waals surface area (Å²) in [5, 5.41) is 27.9. The van der Waals surface area contributed by atoms with Crippen molar-refractivity contribution in [2.75, 3.05) is 5.32 Å². The van der Waals surface area contributed by atoms with Crippen LogP contribution in [-0.2, 0) is 0 Å². The molecule has 4 nitrogen and oxygen atoms in total. The number of nitrogens with one attached hydrogen (secondary N) is 1. The van der Waals surface area contributed by atoms with E-state index in [1.807, 2.05) is 0 Å². The fourth-order valence-electron chi connectivity index (χ4n) is 1.06. The molecule has 0 spiro atoms. The molecule has 7 heteroatoms. The normalized spacial score (nSPS) is 8.67. The predicted molar refractivity (Wildman–Crippen MR) is 58.9 cm³/mol. The van der Waals surface area contributed by atoms with Crippen molar-refractivity contribution in [3.63, 3.8) is 0 Å². The van der Waals surface area contributed by atoms with Crippen LogP contribution in [0.25, 0.3) is 0 Å². The second-order valence-electron chi connectivity index (χ2n) is 2.96. The largest absolute Gasteiger partial charge is 0.343 e. The van der Waals surface area contributed by atoms with Gasteiger partial charge in [-0.05, 0) is 12.1 Å². The van der Waals surface area contributed by atoms with E-state index in [-0.39, 0.29) is 5.02 Å². The lowest BCUT2D eigenvalue weighted by Gasteiger charge is -2.07. The molecule has 0 fully saturated rings. The van der Waals surface area contributed by atoms with Gasteiger partial charge in [0.05, 0.1) is 5.69 Å². The summed E-state index contributed by atoms with van der Waals surface area (Å²) < 4.78 is 26.4. The third kappa shape index (κ3) is 2.74. The zero-order valence-corrected chi connectivity index (χ0v) is 9.39. The molecule has 0 saturated carbocycles. The molecule has 0 bridgehead atoms. The molecule has 0 amide bonds. The molecule has 0 unspecified atom stereocenters. The minimum atomic E-state index is -1.26. The average molecular weight is 265 g/mol. The zero-order valence-electron chi connectivity index (χ0n) is 8.63. The fourth-order valence-corrected chi connectivity index (χ4v) is 1.27. The third-order valence-corrected chi connectivity index (χ3v) is 2.06. The van der Waals surface area contributed by atoms with Crippen molar-refractivity contribution in [2.45, 2.75) is 0 Å². The molecule has 88 valence electrons. The lowest BCUT2D eigenvalue weighted by atomic mass is 10.2. The highest BCUT2D eigenvalue weighted by molar-refractivity contribution is 6.30. The highest BCUT2D eigenvalue weighted by atomic mass is 35.5. The highest BCUT2D eigenvalue weighted by Gasteiger charge is 2.13. The van der Waals surface area contributed by atoms with Crippen LogP contribution in [0.2, 0.25) is 5.02 Å². The summed E-state index contributed by atoms with van der Waals surface area (Å²) in [6.45, 7) is 0. The minimum absolute atomic E-state index is 0.0934. The van der Waals surface area contributed by atoms with Gasteiger partial charge in [0.2, 0.25) is 0 Å². The fraction of sp³-hybridized carbons (Fsp3) is 0. The molecular weight excluding hydrogens is 262 g/mol. The van der Waals surface area contributed by atoms with Crippen LogP contribution in [0.15, 0.2) is 23.4 Å². The Bertz CT molecular complexity index is 631. The number of rotatable bonds is 2. The lowest BCUT2D eigenvalue weighted by Crippen LogP contribution is -2.03. The molecule has 0 atom stereocenters. The molecule has 1 aromatic rings. The van der Waals surface area contributed by atoms with Crippen LogP contribution in [0.3, 0.4) is 0 Å². The van der Waals surface area contributed by atoms with Gasteiger partial charge in [0.25, 0.3) is 0 Å². The van der Waals surface area contributed by atoms with Crippen LogP contribution in [-0.4, -0.2) is 0 Å². The SMILES string of the molecule is N#CC(C#N)=C(C#N)Nc1cc(Cl)cc(F)c1F. The van der Waals surface area contributed by atoms with Crippen molar-refractivity contribution in [3.8, 4) is 18.2 Å². The first-order valence-electron chi connectivity index (χ1n) is 4.39. The third-order valence-electron chi connectivity index (χ3n) is 1.84. The number of nitrogens with zero attached hydrogens (tertiary/aromatic N) is 3. The van der Waals surface area contributed by atoms with E-state index in [0.717, 1.165) is 12.1 Å². The Balaban J connectivity index is 3.30. The van der Waals surface area contributed by atoms with E-state index < -0.39 is 28.6 Å². The van der Waals surface area contributed by atoms with Gasteiger partial charge in [-0.3, -0.25) is 0 Å². The topological polar surface area (TPSA) is 83.4 Å². The number of hydrogen-bond acceptors (Lipinski definition) is 4. The Morgan fingerprint density at radius 3 is 2.22 bits per heavy atom. The van der Waals surface area contributed by atoms with Gasteiger partial charge in [0.1, 0.15) is 23.9 Å². The maximum Gasteiger partial charge on any atom is 0.182 e. The van der Waals surface area contributed by atoms with Gasteiger partial charge in [-0.15, -0.1) is 0 Å². The van der Waals surface area contributed by atoms with Gasteiger partial charge in [-0.25, -0.2) is 8.78 Å².